The van der Waals surface area contributed by atoms with Crippen molar-refractivity contribution in [3.8, 4) is 0 Å². The Kier molecular flexibility index (Phi) is 2.06. The van der Waals surface area contributed by atoms with Crippen LogP contribution in [0.2, 0.25) is 0 Å². The van der Waals surface area contributed by atoms with E-state index in [0.29, 0.717) is 0 Å². The lowest BCUT2D eigenvalue weighted by Gasteiger charge is -1.98. The first kappa shape index (κ1) is 6.56. The Morgan fingerprint density at radius 2 is 2.00 bits per heavy atom. The van der Waals surface area contributed by atoms with Crippen LogP contribution in [0, 0.1) is 0 Å². The van der Waals surface area contributed by atoms with Crippen molar-refractivity contribution in [3.63, 3.8) is 0 Å². The van der Waals surface area contributed by atoms with E-state index in [1.54, 1.807) is 5.19 Å². The van der Waals surface area contributed by atoms with Gasteiger partial charge in [-0.3, -0.25) is 0 Å². The summed E-state index contributed by atoms with van der Waals surface area (Å²) in [6, 6.07) is 8.65. The van der Waals surface area contributed by atoms with E-state index in [2.05, 4.69) is 31.2 Å². The van der Waals surface area contributed by atoms with E-state index >= 15 is 0 Å². The molecule has 0 amide bonds. The largest absolute Gasteiger partial charge is 0.0676 e. The standard InChI is InChI=1S/C8H12Si/c1-2-7-5-3-4-6-8(7)9/h3-6H,2H2,1,9H3. The summed E-state index contributed by atoms with van der Waals surface area (Å²) in [4.78, 5) is 0. The van der Waals surface area contributed by atoms with Gasteiger partial charge < -0.3 is 0 Å². The second kappa shape index (κ2) is 2.83. The highest BCUT2D eigenvalue weighted by Crippen LogP contribution is 1.93. The van der Waals surface area contributed by atoms with Crippen LogP contribution < -0.4 is 5.19 Å². The monoisotopic (exact) mass is 136 g/mol. The summed E-state index contributed by atoms with van der Waals surface area (Å²) in [6.07, 6.45) is 1.18. The quantitative estimate of drug-likeness (QED) is 0.485. The van der Waals surface area contributed by atoms with E-state index in [1.165, 1.54) is 22.2 Å². The average Bonchev–Trinajstić information content (AvgIpc) is 1.89. The van der Waals surface area contributed by atoms with Gasteiger partial charge in [-0.15, -0.1) is 0 Å². The number of hydrogen-bond acceptors (Lipinski definition) is 0. The van der Waals surface area contributed by atoms with Crippen LogP contribution in [0.1, 0.15) is 12.5 Å². The zero-order chi connectivity index (χ0) is 6.69. The van der Waals surface area contributed by atoms with Crippen molar-refractivity contribution in [2.45, 2.75) is 13.3 Å². The van der Waals surface area contributed by atoms with Crippen LogP contribution >= 0.6 is 0 Å². The molecular weight excluding hydrogens is 124 g/mol. The Labute approximate surface area is 59.3 Å². The second-order valence-corrected chi connectivity index (χ2v) is 3.36. The lowest BCUT2D eigenvalue weighted by molar-refractivity contribution is 1.15. The summed E-state index contributed by atoms with van der Waals surface area (Å²) in [5, 5.41) is 1.54. The lowest BCUT2D eigenvalue weighted by atomic mass is 10.2. The molecular formula is C8H12Si. The van der Waals surface area contributed by atoms with Gasteiger partial charge in [0.15, 0.2) is 0 Å². The Balaban J connectivity index is 3.01. The van der Waals surface area contributed by atoms with Gasteiger partial charge in [0.1, 0.15) is 0 Å². The van der Waals surface area contributed by atoms with Crippen molar-refractivity contribution in [3.05, 3.63) is 29.8 Å². The number of rotatable bonds is 1. The van der Waals surface area contributed by atoms with E-state index in [9.17, 15) is 0 Å². The Bertz CT molecular complexity index is 194. The van der Waals surface area contributed by atoms with Crippen LogP contribution in [0.4, 0.5) is 0 Å². The molecule has 48 valence electrons. The van der Waals surface area contributed by atoms with Crippen LogP contribution in [0.5, 0.6) is 0 Å². The Morgan fingerprint density at radius 3 is 2.44 bits per heavy atom. The Hall–Kier alpha value is -0.563. The van der Waals surface area contributed by atoms with Crippen LogP contribution in [0.25, 0.3) is 0 Å². The smallest absolute Gasteiger partial charge is 0.0388 e. The molecule has 0 aromatic heterocycles. The van der Waals surface area contributed by atoms with E-state index in [0.717, 1.165) is 0 Å². The van der Waals surface area contributed by atoms with Crippen LogP contribution in [-0.2, 0) is 6.42 Å². The molecule has 0 saturated carbocycles. The topological polar surface area (TPSA) is 0 Å². The van der Waals surface area contributed by atoms with Gasteiger partial charge in [0, 0.05) is 10.2 Å². The number of benzene rings is 1. The molecule has 1 aromatic rings. The van der Waals surface area contributed by atoms with Crippen molar-refractivity contribution >= 4 is 15.4 Å². The molecule has 9 heavy (non-hydrogen) atoms. The van der Waals surface area contributed by atoms with Crippen molar-refractivity contribution in [2.75, 3.05) is 0 Å². The minimum atomic E-state index is 1.18. The fourth-order valence-electron chi connectivity index (χ4n) is 1.01. The second-order valence-electron chi connectivity index (χ2n) is 2.28. The molecule has 0 spiro atoms. The van der Waals surface area contributed by atoms with Gasteiger partial charge in [-0.1, -0.05) is 41.9 Å². The molecule has 1 rings (SSSR count). The maximum atomic E-state index is 2.21. The third-order valence-corrected chi connectivity index (χ3v) is 2.62. The van der Waals surface area contributed by atoms with Crippen molar-refractivity contribution in [1.82, 2.24) is 0 Å². The first-order valence-electron chi connectivity index (χ1n) is 3.39. The maximum absolute atomic E-state index is 2.21. The predicted octanol–water partition coefficient (Wildman–Crippen LogP) is 0.240. The fourth-order valence-corrected chi connectivity index (χ4v) is 1.72. The zero-order valence-corrected chi connectivity index (χ0v) is 8.02. The molecule has 0 saturated heterocycles. The maximum Gasteiger partial charge on any atom is 0.0388 e. The molecule has 0 heterocycles. The minimum absolute atomic E-state index is 1.18. The summed E-state index contributed by atoms with van der Waals surface area (Å²) in [6.45, 7) is 2.21. The van der Waals surface area contributed by atoms with Gasteiger partial charge in [0.2, 0.25) is 0 Å². The van der Waals surface area contributed by atoms with Gasteiger partial charge in [0.25, 0.3) is 0 Å². The molecule has 0 aliphatic rings. The van der Waals surface area contributed by atoms with Crippen molar-refractivity contribution in [1.29, 1.82) is 0 Å². The van der Waals surface area contributed by atoms with Crippen LogP contribution in [-0.4, -0.2) is 10.2 Å². The molecule has 0 aliphatic heterocycles. The summed E-state index contributed by atoms with van der Waals surface area (Å²) >= 11 is 0. The van der Waals surface area contributed by atoms with Gasteiger partial charge in [-0.25, -0.2) is 0 Å². The van der Waals surface area contributed by atoms with Gasteiger partial charge >= 0.3 is 0 Å². The van der Waals surface area contributed by atoms with E-state index in [-0.39, 0.29) is 0 Å². The van der Waals surface area contributed by atoms with Gasteiger partial charge in [0.05, 0.1) is 0 Å². The first-order valence-corrected chi connectivity index (χ1v) is 4.39. The van der Waals surface area contributed by atoms with Gasteiger partial charge in [-0.2, -0.15) is 0 Å². The fraction of sp³-hybridized carbons (Fsp3) is 0.250. The van der Waals surface area contributed by atoms with Gasteiger partial charge in [-0.05, 0) is 6.42 Å². The molecule has 0 nitrogen and oxygen atoms in total. The number of hydrogen-bond donors (Lipinski definition) is 0. The third kappa shape index (κ3) is 1.42. The summed E-state index contributed by atoms with van der Waals surface area (Å²) in [5.41, 5.74) is 1.52. The molecule has 0 N–H and O–H groups in total. The molecule has 0 atom stereocenters. The molecule has 0 radical (unpaired) electrons. The zero-order valence-electron chi connectivity index (χ0n) is 6.02. The summed E-state index contributed by atoms with van der Waals surface area (Å²) in [7, 11) is 1.19. The molecule has 1 heteroatoms. The molecule has 0 unspecified atom stereocenters. The van der Waals surface area contributed by atoms with Crippen LogP contribution in [0.15, 0.2) is 24.3 Å². The molecule has 0 bridgehead atoms. The number of aryl methyl sites for hydroxylation is 1. The third-order valence-electron chi connectivity index (χ3n) is 1.64. The van der Waals surface area contributed by atoms with E-state index in [1.807, 2.05) is 0 Å². The first-order chi connectivity index (χ1) is 4.34. The average molecular weight is 136 g/mol. The molecule has 0 fully saturated rings. The highest BCUT2D eigenvalue weighted by atomic mass is 28.1. The van der Waals surface area contributed by atoms with E-state index in [4.69, 9.17) is 0 Å². The normalized spacial score (nSPS) is 9.89. The highest BCUT2D eigenvalue weighted by molar-refractivity contribution is 6.33. The summed E-state index contributed by atoms with van der Waals surface area (Å²) in [5.74, 6) is 0. The lowest BCUT2D eigenvalue weighted by Crippen LogP contribution is -2.07. The molecule has 0 aliphatic carbocycles. The Morgan fingerprint density at radius 1 is 1.33 bits per heavy atom. The minimum Gasteiger partial charge on any atom is -0.0676 e. The van der Waals surface area contributed by atoms with Crippen LogP contribution in [0.3, 0.4) is 0 Å². The highest BCUT2D eigenvalue weighted by Gasteiger charge is 1.89. The molecule has 1 aromatic carbocycles. The van der Waals surface area contributed by atoms with Crippen molar-refractivity contribution < 1.29 is 0 Å². The summed E-state index contributed by atoms with van der Waals surface area (Å²) < 4.78 is 0. The van der Waals surface area contributed by atoms with Crippen molar-refractivity contribution in [2.24, 2.45) is 0 Å². The SMILES string of the molecule is CCc1ccccc1[SiH3]. The predicted molar refractivity (Wildman–Crippen MR) is 45.4 cm³/mol. The van der Waals surface area contributed by atoms with E-state index < -0.39 is 0 Å².